The summed E-state index contributed by atoms with van der Waals surface area (Å²) in [6.07, 6.45) is -3.87. The highest BCUT2D eigenvalue weighted by molar-refractivity contribution is 6.00. The van der Waals surface area contributed by atoms with Crippen LogP contribution in [0.15, 0.2) is 11.6 Å². The summed E-state index contributed by atoms with van der Waals surface area (Å²) in [6, 6.07) is 0. The number of aliphatic hydroxyl groups excluding tert-OH is 3. The molecule has 4 aliphatic rings. The molecule has 0 aromatic heterocycles. The maximum absolute atomic E-state index is 12.5. The van der Waals surface area contributed by atoms with Gasteiger partial charge in [0.15, 0.2) is 5.78 Å². The minimum absolute atomic E-state index is 0.223. The number of ketones is 1. The molecule has 8 atom stereocenters. The summed E-state index contributed by atoms with van der Waals surface area (Å²) >= 11 is 0. The normalized spacial score (nSPS) is 53.4. The lowest BCUT2D eigenvalue weighted by atomic mass is 9.50. The van der Waals surface area contributed by atoms with Gasteiger partial charge in [-0.2, -0.15) is 0 Å². The monoisotopic (exact) mass is 354 g/mol. The van der Waals surface area contributed by atoms with Crippen molar-refractivity contribution in [3.8, 4) is 0 Å². The van der Waals surface area contributed by atoms with E-state index in [1.807, 2.05) is 0 Å². The topological polar surface area (TPSA) is 126 Å². The van der Waals surface area contributed by atoms with Crippen LogP contribution in [0.5, 0.6) is 0 Å². The Morgan fingerprint density at radius 3 is 2.60 bits per heavy atom. The van der Waals surface area contributed by atoms with Crippen LogP contribution in [0.2, 0.25) is 0 Å². The highest BCUT2D eigenvalue weighted by atomic mass is 16.7. The first-order valence-electron chi connectivity index (χ1n) is 8.33. The molecule has 2 saturated heterocycles. The Morgan fingerprint density at radius 1 is 1.44 bits per heavy atom. The summed E-state index contributed by atoms with van der Waals surface area (Å²) in [5.41, 5.74) is -3.39. The Balaban J connectivity index is 1.96. The maximum Gasteiger partial charge on any atom is 0.303 e. The number of rotatable bonds is 2. The molecule has 0 unspecified atom stereocenters. The second kappa shape index (κ2) is 4.89. The molecule has 2 bridgehead atoms. The zero-order valence-electron chi connectivity index (χ0n) is 14.3. The molecule has 3 N–H and O–H groups in total. The van der Waals surface area contributed by atoms with Gasteiger partial charge < -0.3 is 29.5 Å². The zero-order chi connectivity index (χ0) is 18.4. The SMILES string of the molecule is CC(=O)O[C@@H]1[C@H](O)[C@H]2O[C@@H]3C=C(C)C(=O)[C@H](O)[C@]3(CO)[C@]1(C)[C@]21CO1. The van der Waals surface area contributed by atoms with Gasteiger partial charge in [0.2, 0.25) is 0 Å². The lowest BCUT2D eigenvalue weighted by Crippen LogP contribution is -2.72. The number of carbonyl (C=O) groups excluding carboxylic acids is 2. The molecule has 2 aliphatic heterocycles. The number of Topliss-reactive ketones (excluding diaryl/α,β-unsaturated/α-hetero) is 1. The van der Waals surface area contributed by atoms with Crippen LogP contribution in [0, 0.1) is 10.8 Å². The van der Waals surface area contributed by atoms with Crippen LogP contribution in [0.3, 0.4) is 0 Å². The van der Waals surface area contributed by atoms with E-state index in [4.69, 9.17) is 14.2 Å². The second-order valence-corrected chi connectivity index (χ2v) is 7.69. The Hall–Kier alpha value is -1.32. The predicted molar refractivity (Wildman–Crippen MR) is 81.3 cm³/mol. The lowest BCUT2D eigenvalue weighted by molar-refractivity contribution is -0.255. The van der Waals surface area contributed by atoms with Gasteiger partial charge in [-0.3, -0.25) is 9.59 Å². The number of hydrogen-bond donors (Lipinski definition) is 3. The molecule has 25 heavy (non-hydrogen) atoms. The van der Waals surface area contributed by atoms with E-state index in [1.165, 1.54) is 6.92 Å². The van der Waals surface area contributed by atoms with Gasteiger partial charge in [0.05, 0.1) is 30.1 Å². The fraction of sp³-hybridized carbons (Fsp3) is 0.765. The van der Waals surface area contributed by atoms with Gasteiger partial charge in [0, 0.05) is 6.92 Å². The zero-order valence-corrected chi connectivity index (χ0v) is 14.3. The quantitative estimate of drug-likeness (QED) is 0.413. The van der Waals surface area contributed by atoms with Crippen molar-refractivity contribution in [1.82, 2.24) is 0 Å². The molecule has 2 aliphatic carbocycles. The highest BCUT2D eigenvalue weighted by Gasteiger charge is 2.87. The Kier molecular flexibility index (Phi) is 3.35. The number of epoxide rings is 1. The summed E-state index contributed by atoms with van der Waals surface area (Å²) in [4.78, 5) is 24.1. The number of hydrogen-bond acceptors (Lipinski definition) is 8. The van der Waals surface area contributed by atoms with E-state index in [1.54, 1.807) is 19.9 Å². The third kappa shape index (κ3) is 1.65. The van der Waals surface area contributed by atoms with Gasteiger partial charge in [-0.25, -0.2) is 0 Å². The van der Waals surface area contributed by atoms with Crippen LogP contribution in [0.4, 0.5) is 0 Å². The number of aliphatic hydroxyl groups is 3. The van der Waals surface area contributed by atoms with Crippen LogP contribution in [-0.4, -0.2) is 76.4 Å². The first-order chi connectivity index (χ1) is 11.7. The molecule has 1 spiro atoms. The standard InChI is InChI=1S/C17H22O8/c1-7-4-9-16(5-18,12(22)10(7)20)15(3)13(24-8(2)19)11(21)14(25-9)17(15)6-23-17/h4,9,11-14,18,21-22H,5-6H2,1-3H3/t9-,11+,12+,13-,14-,15-,16-,17+/m1/s1. The van der Waals surface area contributed by atoms with Crippen molar-refractivity contribution in [2.24, 2.45) is 10.8 Å². The van der Waals surface area contributed by atoms with Crippen LogP contribution in [-0.2, 0) is 23.8 Å². The molecule has 0 aromatic carbocycles. The molecular weight excluding hydrogens is 332 g/mol. The molecular formula is C17H22O8. The van der Waals surface area contributed by atoms with E-state index in [0.717, 1.165) is 0 Å². The van der Waals surface area contributed by atoms with E-state index in [-0.39, 0.29) is 6.61 Å². The van der Waals surface area contributed by atoms with Gasteiger partial charge in [0.25, 0.3) is 0 Å². The van der Waals surface area contributed by atoms with Crippen LogP contribution >= 0.6 is 0 Å². The average Bonchev–Trinajstić information content (AvgIpc) is 3.33. The molecule has 8 heteroatoms. The van der Waals surface area contributed by atoms with E-state index in [9.17, 15) is 24.9 Å². The smallest absolute Gasteiger partial charge is 0.303 e. The molecule has 138 valence electrons. The molecule has 0 radical (unpaired) electrons. The number of esters is 1. The summed E-state index contributed by atoms with van der Waals surface area (Å²) in [5, 5.41) is 32.0. The Labute approximate surface area is 144 Å². The molecule has 8 nitrogen and oxygen atoms in total. The molecule has 4 rings (SSSR count). The minimum Gasteiger partial charge on any atom is -0.459 e. The number of fused-ring (bicyclic) bond motifs is 2. The fourth-order valence-electron chi connectivity index (χ4n) is 5.37. The van der Waals surface area contributed by atoms with E-state index >= 15 is 0 Å². The van der Waals surface area contributed by atoms with Gasteiger partial charge in [-0.15, -0.1) is 0 Å². The van der Waals surface area contributed by atoms with Crippen molar-refractivity contribution in [1.29, 1.82) is 0 Å². The molecule has 2 heterocycles. The van der Waals surface area contributed by atoms with Crippen molar-refractivity contribution in [2.75, 3.05) is 13.2 Å². The van der Waals surface area contributed by atoms with Crippen molar-refractivity contribution in [3.63, 3.8) is 0 Å². The molecule has 1 saturated carbocycles. The lowest BCUT2D eigenvalue weighted by Gasteiger charge is -2.58. The third-order valence-electron chi connectivity index (χ3n) is 6.83. The van der Waals surface area contributed by atoms with Crippen molar-refractivity contribution >= 4 is 11.8 Å². The first kappa shape index (κ1) is 17.1. The summed E-state index contributed by atoms with van der Waals surface area (Å²) in [5.74, 6) is -1.13. The van der Waals surface area contributed by atoms with Gasteiger partial charge in [-0.05, 0) is 18.6 Å². The van der Waals surface area contributed by atoms with E-state index in [0.29, 0.717) is 5.57 Å². The van der Waals surface area contributed by atoms with Gasteiger partial charge >= 0.3 is 5.97 Å². The van der Waals surface area contributed by atoms with Crippen molar-refractivity contribution < 1.29 is 39.1 Å². The highest BCUT2D eigenvalue weighted by Crippen LogP contribution is 2.71. The van der Waals surface area contributed by atoms with E-state index < -0.39 is 65.3 Å². The first-order valence-corrected chi connectivity index (χ1v) is 8.33. The number of carbonyl (C=O) groups is 2. The maximum atomic E-state index is 12.5. The average molecular weight is 354 g/mol. The van der Waals surface area contributed by atoms with Crippen molar-refractivity contribution in [2.45, 2.75) is 56.9 Å². The largest absolute Gasteiger partial charge is 0.459 e. The second-order valence-electron chi connectivity index (χ2n) is 7.69. The van der Waals surface area contributed by atoms with Crippen LogP contribution in [0.1, 0.15) is 20.8 Å². The Bertz CT molecular complexity index is 682. The van der Waals surface area contributed by atoms with Gasteiger partial charge in [0.1, 0.15) is 30.0 Å². The predicted octanol–water partition coefficient (Wildman–Crippen LogP) is -1.30. The molecule has 0 aromatic rings. The van der Waals surface area contributed by atoms with Crippen LogP contribution in [0.25, 0.3) is 0 Å². The molecule has 0 amide bonds. The van der Waals surface area contributed by atoms with Gasteiger partial charge in [-0.1, -0.05) is 6.92 Å². The number of ether oxygens (including phenoxy) is 3. The Morgan fingerprint density at radius 2 is 2.08 bits per heavy atom. The van der Waals surface area contributed by atoms with Crippen molar-refractivity contribution in [3.05, 3.63) is 11.6 Å². The van der Waals surface area contributed by atoms with E-state index in [2.05, 4.69) is 0 Å². The molecule has 3 fully saturated rings. The fourth-order valence-corrected chi connectivity index (χ4v) is 5.37. The summed E-state index contributed by atoms with van der Waals surface area (Å²) in [6.45, 7) is 4.11. The summed E-state index contributed by atoms with van der Waals surface area (Å²) < 4.78 is 17.1. The summed E-state index contributed by atoms with van der Waals surface area (Å²) in [7, 11) is 0. The third-order valence-corrected chi connectivity index (χ3v) is 6.83. The minimum atomic E-state index is -1.57. The van der Waals surface area contributed by atoms with Crippen LogP contribution < -0.4 is 0 Å².